The molecule has 1 heterocycles. The molecule has 0 fully saturated rings. The highest BCUT2D eigenvalue weighted by Gasteiger charge is 2.26. The molecule has 0 bridgehead atoms. The number of aromatic nitrogens is 3. The number of benzene rings is 2. The molecule has 0 saturated carbocycles. The highest BCUT2D eigenvalue weighted by molar-refractivity contribution is 6.30. The Morgan fingerprint density at radius 2 is 1.90 bits per heavy atom. The van der Waals surface area contributed by atoms with Gasteiger partial charge >= 0.3 is 6.01 Å². The van der Waals surface area contributed by atoms with Gasteiger partial charge in [0.05, 0.1) is 12.5 Å². The highest BCUT2D eigenvalue weighted by Crippen LogP contribution is 2.27. The van der Waals surface area contributed by atoms with Gasteiger partial charge in [-0.2, -0.15) is 9.67 Å². The van der Waals surface area contributed by atoms with Crippen molar-refractivity contribution in [2.45, 2.75) is 26.2 Å². The fourth-order valence-corrected chi connectivity index (χ4v) is 3.23. The second kappa shape index (κ2) is 10.2. The molecule has 152 valence electrons. The summed E-state index contributed by atoms with van der Waals surface area (Å²) in [5.41, 5.74) is 1.63. The first-order valence-corrected chi connectivity index (χ1v) is 10.0. The van der Waals surface area contributed by atoms with Crippen LogP contribution in [0.5, 0.6) is 6.01 Å². The van der Waals surface area contributed by atoms with Crippen LogP contribution in [0.15, 0.2) is 54.6 Å². The highest BCUT2D eigenvalue weighted by atomic mass is 35.5. The van der Waals surface area contributed by atoms with E-state index in [0.717, 1.165) is 5.56 Å². The van der Waals surface area contributed by atoms with Gasteiger partial charge in [-0.25, -0.2) is 0 Å². The van der Waals surface area contributed by atoms with Crippen LogP contribution in [-0.4, -0.2) is 40.5 Å². The van der Waals surface area contributed by atoms with E-state index >= 15 is 0 Å². The van der Waals surface area contributed by atoms with Crippen LogP contribution in [0.1, 0.15) is 36.5 Å². The molecule has 0 saturated heterocycles. The smallest absolute Gasteiger partial charge is 0.336 e. The topological polar surface area (TPSA) is 66.2 Å². The van der Waals surface area contributed by atoms with E-state index in [1.807, 2.05) is 56.3 Å². The first-order chi connectivity index (χ1) is 14.1. The van der Waals surface area contributed by atoms with Crippen molar-refractivity contribution >= 4 is 17.5 Å². The SMILES string of the molecule is CCOCCOc1nc(-c2cccc(Cl)c2)n(C(=O)C(CC)c2ccccc2)n1. The molecular weight excluding hydrogens is 390 g/mol. The first-order valence-electron chi connectivity index (χ1n) is 9.66. The number of carbonyl (C=O) groups is 1. The van der Waals surface area contributed by atoms with Gasteiger partial charge in [0.15, 0.2) is 5.82 Å². The van der Waals surface area contributed by atoms with E-state index in [0.29, 0.717) is 42.7 Å². The van der Waals surface area contributed by atoms with Crippen molar-refractivity contribution in [3.05, 3.63) is 65.2 Å². The van der Waals surface area contributed by atoms with E-state index in [-0.39, 0.29) is 17.8 Å². The molecule has 0 N–H and O–H groups in total. The number of hydrogen-bond acceptors (Lipinski definition) is 5. The van der Waals surface area contributed by atoms with Gasteiger partial charge < -0.3 is 9.47 Å². The van der Waals surface area contributed by atoms with Gasteiger partial charge in [-0.05, 0) is 31.0 Å². The first kappa shape index (κ1) is 21.0. The molecule has 0 radical (unpaired) electrons. The van der Waals surface area contributed by atoms with Crippen molar-refractivity contribution in [1.82, 2.24) is 14.8 Å². The van der Waals surface area contributed by atoms with Gasteiger partial charge in [0, 0.05) is 17.2 Å². The van der Waals surface area contributed by atoms with Gasteiger partial charge in [-0.15, -0.1) is 5.10 Å². The summed E-state index contributed by atoms with van der Waals surface area (Å²) in [6.07, 6.45) is 0.637. The third kappa shape index (κ3) is 5.22. The molecule has 0 amide bonds. The van der Waals surface area contributed by atoms with Crippen molar-refractivity contribution in [2.24, 2.45) is 0 Å². The molecule has 1 atom stereocenters. The molecular formula is C22H24ClN3O3. The molecule has 3 rings (SSSR count). The monoisotopic (exact) mass is 413 g/mol. The molecule has 2 aromatic carbocycles. The van der Waals surface area contributed by atoms with Crippen LogP contribution in [0, 0.1) is 0 Å². The van der Waals surface area contributed by atoms with E-state index < -0.39 is 0 Å². The Bertz CT molecular complexity index is 943. The van der Waals surface area contributed by atoms with E-state index in [4.69, 9.17) is 21.1 Å². The normalized spacial score (nSPS) is 12.0. The Labute approximate surface area is 175 Å². The second-order valence-corrected chi connectivity index (χ2v) is 6.83. The molecule has 6 nitrogen and oxygen atoms in total. The number of hydrogen-bond donors (Lipinski definition) is 0. The maximum atomic E-state index is 13.4. The largest absolute Gasteiger partial charge is 0.460 e. The molecule has 29 heavy (non-hydrogen) atoms. The average Bonchev–Trinajstić information content (AvgIpc) is 3.17. The summed E-state index contributed by atoms with van der Waals surface area (Å²) in [6, 6.07) is 17.0. The Hall–Kier alpha value is -2.70. The van der Waals surface area contributed by atoms with Gasteiger partial charge in [0.25, 0.3) is 5.91 Å². The van der Waals surface area contributed by atoms with Crippen LogP contribution in [-0.2, 0) is 4.74 Å². The van der Waals surface area contributed by atoms with Crippen LogP contribution in [0.2, 0.25) is 5.02 Å². The molecule has 0 spiro atoms. The standard InChI is InChI=1S/C22H24ClN3O3/c1-3-19(16-9-6-5-7-10-16)21(27)26-20(17-11-8-12-18(23)15-17)24-22(25-26)29-14-13-28-4-2/h5-12,15,19H,3-4,13-14H2,1-2H3. The van der Waals surface area contributed by atoms with Crippen LogP contribution in [0.3, 0.4) is 0 Å². The summed E-state index contributed by atoms with van der Waals surface area (Å²) >= 11 is 6.15. The van der Waals surface area contributed by atoms with Gasteiger partial charge in [0.1, 0.15) is 6.61 Å². The summed E-state index contributed by atoms with van der Waals surface area (Å²) in [5.74, 6) is -0.105. The van der Waals surface area contributed by atoms with Crippen molar-refractivity contribution < 1.29 is 14.3 Å². The molecule has 3 aromatic rings. The zero-order valence-corrected chi connectivity index (χ0v) is 17.3. The molecule has 0 aliphatic heterocycles. The minimum Gasteiger partial charge on any atom is -0.460 e. The Morgan fingerprint density at radius 3 is 2.59 bits per heavy atom. The fourth-order valence-electron chi connectivity index (χ4n) is 3.04. The van der Waals surface area contributed by atoms with Crippen molar-refractivity contribution in [1.29, 1.82) is 0 Å². The minimum absolute atomic E-state index is 0.135. The van der Waals surface area contributed by atoms with E-state index in [9.17, 15) is 4.79 Å². The van der Waals surface area contributed by atoms with Crippen molar-refractivity contribution in [3.63, 3.8) is 0 Å². The quantitative estimate of drug-likeness (QED) is 0.469. The number of ether oxygens (including phenoxy) is 2. The average molecular weight is 414 g/mol. The van der Waals surface area contributed by atoms with Crippen LogP contribution < -0.4 is 4.74 Å². The Kier molecular flexibility index (Phi) is 7.38. The molecule has 7 heteroatoms. The molecule has 0 aliphatic carbocycles. The lowest BCUT2D eigenvalue weighted by Crippen LogP contribution is -2.22. The van der Waals surface area contributed by atoms with Crippen LogP contribution in [0.25, 0.3) is 11.4 Å². The zero-order valence-electron chi connectivity index (χ0n) is 16.5. The van der Waals surface area contributed by atoms with Crippen LogP contribution in [0.4, 0.5) is 0 Å². The second-order valence-electron chi connectivity index (χ2n) is 6.40. The molecule has 1 aromatic heterocycles. The number of rotatable bonds is 9. The summed E-state index contributed by atoms with van der Waals surface area (Å²) in [7, 11) is 0. The third-order valence-electron chi connectivity index (χ3n) is 4.45. The predicted octanol–water partition coefficient (Wildman–Crippen LogP) is 4.85. The lowest BCUT2D eigenvalue weighted by molar-refractivity contribution is 0.0854. The van der Waals surface area contributed by atoms with E-state index in [2.05, 4.69) is 10.1 Å². The predicted molar refractivity (Wildman–Crippen MR) is 113 cm³/mol. The van der Waals surface area contributed by atoms with Crippen molar-refractivity contribution in [2.75, 3.05) is 19.8 Å². The summed E-state index contributed by atoms with van der Waals surface area (Å²) in [6.45, 7) is 5.22. The summed E-state index contributed by atoms with van der Waals surface area (Å²) in [4.78, 5) is 17.8. The van der Waals surface area contributed by atoms with E-state index in [1.165, 1.54) is 4.68 Å². The fraction of sp³-hybridized carbons (Fsp3) is 0.318. The lowest BCUT2D eigenvalue weighted by Gasteiger charge is -2.15. The Morgan fingerprint density at radius 1 is 1.10 bits per heavy atom. The number of carbonyl (C=O) groups excluding carboxylic acids is 1. The Balaban J connectivity index is 1.96. The summed E-state index contributed by atoms with van der Waals surface area (Å²) in [5, 5.41) is 4.90. The van der Waals surface area contributed by atoms with E-state index in [1.54, 1.807) is 12.1 Å². The molecule has 0 aliphatic rings. The maximum Gasteiger partial charge on any atom is 0.336 e. The van der Waals surface area contributed by atoms with Crippen LogP contribution >= 0.6 is 11.6 Å². The number of nitrogens with zero attached hydrogens (tertiary/aromatic N) is 3. The van der Waals surface area contributed by atoms with Gasteiger partial charge in [-0.3, -0.25) is 4.79 Å². The van der Waals surface area contributed by atoms with Crippen molar-refractivity contribution in [3.8, 4) is 17.4 Å². The third-order valence-corrected chi connectivity index (χ3v) is 4.69. The minimum atomic E-state index is -0.341. The lowest BCUT2D eigenvalue weighted by atomic mass is 9.95. The summed E-state index contributed by atoms with van der Waals surface area (Å²) < 4.78 is 12.2. The zero-order chi connectivity index (χ0) is 20.6. The maximum absolute atomic E-state index is 13.4. The van der Waals surface area contributed by atoms with Gasteiger partial charge in [-0.1, -0.05) is 61.0 Å². The van der Waals surface area contributed by atoms with Gasteiger partial charge in [0.2, 0.25) is 0 Å². The molecule has 1 unspecified atom stereocenters. The number of halogens is 1.